The standard InChI is InChI=1S/C16H12FN5O/c1-22-5-4-14(21-22)11-7-15(20-16(19)12(11)8-18)10-3-2-9(23)6-13(10)17/h2-7,23H,1H3,(H2,19,20). The Morgan fingerprint density at radius 2 is 2.00 bits per heavy atom. The zero-order valence-electron chi connectivity index (χ0n) is 12.2. The topological polar surface area (TPSA) is 101 Å². The lowest BCUT2D eigenvalue weighted by Crippen LogP contribution is -2.01. The molecule has 0 aliphatic heterocycles. The number of aromatic nitrogens is 3. The number of nitriles is 1. The number of nitrogens with zero attached hydrogens (tertiary/aromatic N) is 4. The second-order valence-electron chi connectivity index (χ2n) is 4.97. The maximum absolute atomic E-state index is 14.1. The highest BCUT2D eigenvalue weighted by Gasteiger charge is 2.17. The summed E-state index contributed by atoms with van der Waals surface area (Å²) in [5.41, 5.74) is 7.50. The van der Waals surface area contributed by atoms with Crippen molar-refractivity contribution < 1.29 is 9.50 Å². The van der Waals surface area contributed by atoms with Crippen molar-refractivity contribution in [3.63, 3.8) is 0 Å². The van der Waals surface area contributed by atoms with Gasteiger partial charge in [-0.2, -0.15) is 10.4 Å². The number of halogens is 1. The Kier molecular flexibility index (Phi) is 3.43. The number of rotatable bonds is 2. The van der Waals surface area contributed by atoms with Crippen molar-refractivity contribution in [3.05, 3.63) is 47.9 Å². The number of anilines is 1. The van der Waals surface area contributed by atoms with Gasteiger partial charge in [0.15, 0.2) is 0 Å². The third-order valence-corrected chi connectivity index (χ3v) is 3.38. The summed E-state index contributed by atoms with van der Waals surface area (Å²) < 4.78 is 15.7. The number of nitrogen functional groups attached to an aromatic ring is 1. The van der Waals surface area contributed by atoms with Gasteiger partial charge in [-0.3, -0.25) is 4.68 Å². The molecule has 0 radical (unpaired) electrons. The maximum Gasteiger partial charge on any atom is 0.142 e. The first-order valence-electron chi connectivity index (χ1n) is 6.69. The molecule has 0 fully saturated rings. The molecule has 0 amide bonds. The smallest absolute Gasteiger partial charge is 0.142 e. The van der Waals surface area contributed by atoms with Crippen LogP contribution in [0.3, 0.4) is 0 Å². The molecule has 0 spiro atoms. The normalized spacial score (nSPS) is 10.5. The quantitative estimate of drug-likeness (QED) is 0.757. The molecule has 23 heavy (non-hydrogen) atoms. The van der Waals surface area contributed by atoms with E-state index in [1.807, 2.05) is 6.07 Å². The monoisotopic (exact) mass is 309 g/mol. The van der Waals surface area contributed by atoms with Crippen LogP contribution in [0.5, 0.6) is 5.75 Å². The van der Waals surface area contributed by atoms with Crippen LogP contribution in [0.2, 0.25) is 0 Å². The van der Waals surface area contributed by atoms with Crippen molar-refractivity contribution in [2.24, 2.45) is 7.05 Å². The van der Waals surface area contributed by atoms with Crippen LogP contribution in [-0.2, 0) is 7.05 Å². The highest BCUT2D eigenvalue weighted by Crippen LogP contribution is 2.32. The van der Waals surface area contributed by atoms with Crippen LogP contribution in [0, 0.1) is 17.1 Å². The Morgan fingerprint density at radius 1 is 1.22 bits per heavy atom. The van der Waals surface area contributed by atoms with Gasteiger partial charge in [-0.05, 0) is 24.3 Å². The lowest BCUT2D eigenvalue weighted by Gasteiger charge is -2.09. The van der Waals surface area contributed by atoms with Crippen LogP contribution in [0.1, 0.15) is 5.56 Å². The van der Waals surface area contributed by atoms with E-state index in [-0.39, 0.29) is 28.4 Å². The lowest BCUT2D eigenvalue weighted by atomic mass is 10.0. The van der Waals surface area contributed by atoms with Gasteiger partial charge in [0.05, 0.1) is 11.4 Å². The van der Waals surface area contributed by atoms with E-state index in [1.54, 1.807) is 30.1 Å². The fourth-order valence-corrected chi connectivity index (χ4v) is 2.29. The summed E-state index contributed by atoms with van der Waals surface area (Å²) in [5, 5.41) is 22.9. The van der Waals surface area contributed by atoms with Gasteiger partial charge in [0.2, 0.25) is 0 Å². The molecule has 3 rings (SSSR count). The Bertz CT molecular complexity index is 942. The number of benzene rings is 1. The molecule has 6 nitrogen and oxygen atoms in total. The predicted molar refractivity (Wildman–Crippen MR) is 82.6 cm³/mol. The molecule has 7 heteroatoms. The summed E-state index contributed by atoms with van der Waals surface area (Å²) in [6.45, 7) is 0. The molecule has 3 N–H and O–H groups in total. The largest absolute Gasteiger partial charge is 0.508 e. The Morgan fingerprint density at radius 3 is 2.61 bits per heavy atom. The zero-order valence-corrected chi connectivity index (χ0v) is 12.2. The summed E-state index contributed by atoms with van der Waals surface area (Å²) in [6, 6.07) is 9.05. The SMILES string of the molecule is Cn1ccc(-c2cc(-c3ccc(O)cc3F)nc(N)c2C#N)n1. The van der Waals surface area contributed by atoms with Crippen LogP contribution >= 0.6 is 0 Å². The van der Waals surface area contributed by atoms with Gasteiger partial charge >= 0.3 is 0 Å². The number of nitrogens with two attached hydrogens (primary N) is 1. The number of aromatic hydroxyl groups is 1. The fraction of sp³-hybridized carbons (Fsp3) is 0.0625. The van der Waals surface area contributed by atoms with Crippen LogP contribution in [0.15, 0.2) is 36.5 Å². The van der Waals surface area contributed by atoms with E-state index >= 15 is 0 Å². The average Bonchev–Trinajstić information content (AvgIpc) is 2.93. The van der Waals surface area contributed by atoms with Gasteiger partial charge in [-0.1, -0.05) is 0 Å². The van der Waals surface area contributed by atoms with Gasteiger partial charge in [-0.25, -0.2) is 9.37 Å². The molecule has 0 saturated carbocycles. The van der Waals surface area contributed by atoms with Crippen LogP contribution in [0.4, 0.5) is 10.2 Å². The van der Waals surface area contributed by atoms with E-state index in [0.717, 1.165) is 6.07 Å². The predicted octanol–water partition coefficient (Wildman–Crippen LogP) is 2.45. The molecule has 2 aromatic heterocycles. The number of phenolic OH excluding ortho intramolecular Hbond substituents is 1. The second kappa shape index (κ2) is 5.42. The van der Waals surface area contributed by atoms with Gasteiger partial charge in [-0.15, -0.1) is 0 Å². The Labute approximate surface area is 131 Å². The van der Waals surface area contributed by atoms with Gasteiger partial charge < -0.3 is 10.8 Å². The van der Waals surface area contributed by atoms with E-state index in [9.17, 15) is 14.8 Å². The van der Waals surface area contributed by atoms with E-state index in [0.29, 0.717) is 11.3 Å². The molecule has 2 heterocycles. The molecule has 1 aromatic carbocycles. The van der Waals surface area contributed by atoms with E-state index in [2.05, 4.69) is 10.1 Å². The maximum atomic E-state index is 14.1. The first-order valence-corrected chi connectivity index (χ1v) is 6.69. The van der Waals surface area contributed by atoms with Crippen molar-refractivity contribution in [1.82, 2.24) is 14.8 Å². The Hall–Kier alpha value is -3.40. The number of phenols is 1. The first-order chi connectivity index (χ1) is 11.0. The van der Waals surface area contributed by atoms with E-state index in [4.69, 9.17) is 5.73 Å². The minimum Gasteiger partial charge on any atom is -0.508 e. The Balaban J connectivity index is 2.24. The highest BCUT2D eigenvalue weighted by atomic mass is 19.1. The molecular formula is C16H12FN5O. The molecule has 0 aliphatic carbocycles. The minimum atomic E-state index is -0.631. The van der Waals surface area contributed by atoms with Gasteiger partial charge in [0.25, 0.3) is 0 Å². The molecule has 0 bridgehead atoms. The molecule has 0 atom stereocenters. The fourth-order valence-electron chi connectivity index (χ4n) is 2.29. The number of hydrogen-bond donors (Lipinski definition) is 2. The molecule has 0 saturated heterocycles. The van der Waals surface area contributed by atoms with Crippen molar-refractivity contribution in [1.29, 1.82) is 5.26 Å². The average molecular weight is 309 g/mol. The second-order valence-corrected chi connectivity index (χ2v) is 4.97. The summed E-state index contributed by atoms with van der Waals surface area (Å²) in [6.07, 6.45) is 1.73. The third-order valence-electron chi connectivity index (χ3n) is 3.38. The molecule has 114 valence electrons. The number of pyridine rings is 1. The van der Waals surface area contributed by atoms with E-state index in [1.165, 1.54) is 12.1 Å². The molecular weight excluding hydrogens is 297 g/mol. The molecule has 3 aromatic rings. The zero-order chi connectivity index (χ0) is 16.6. The summed E-state index contributed by atoms with van der Waals surface area (Å²) in [7, 11) is 1.75. The summed E-state index contributed by atoms with van der Waals surface area (Å²) in [5.74, 6) is -0.815. The van der Waals surface area contributed by atoms with Crippen LogP contribution in [0.25, 0.3) is 22.5 Å². The summed E-state index contributed by atoms with van der Waals surface area (Å²) in [4.78, 5) is 4.10. The van der Waals surface area contributed by atoms with E-state index < -0.39 is 5.82 Å². The highest BCUT2D eigenvalue weighted by molar-refractivity contribution is 5.78. The third kappa shape index (κ3) is 2.58. The first kappa shape index (κ1) is 14.5. The van der Waals surface area contributed by atoms with Crippen molar-refractivity contribution in [2.45, 2.75) is 0 Å². The number of aryl methyl sites for hydroxylation is 1. The van der Waals surface area contributed by atoms with Crippen molar-refractivity contribution >= 4 is 5.82 Å². The minimum absolute atomic E-state index is 0.00173. The summed E-state index contributed by atoms with van der Waals surface area (Å²) >= 11 is 0. The van der Waals surface area contributed by atoms with Gasteiger partial charge in [0.1, 0.15) is 29.0 Å². The van der Waals surface area contributed by atoms with Crippen LogP contribution in [-0.4, -0.2) is 19.9 Å². The van der Waals surface area contributed by atoms with Gasteiger partial charge in [0, 0.05) is 30.4 Å². The van der Waals surface area contributed by atoms with Crippen molar-refractivity contribution in [3.8, 4) is 34.3 Å². The molecule has 0 aliphatic rings. The number of hydrogen-bond acceptors (Lipinski definition) is 5. The van der Waals surface area contributed by atoms with Crippen molar-refractivity contribution in [2.75, 3.05) is 5.73 Å². The lowest BCUT2D eigenvalue weighted by molar-refractivity contribution is 0.469. The molecule has 0 unspecified atom stereocenters. The van der Waals surface area contributed by atoms with Crippen LogP contribution < -0.4 is 5.73 Å².